The van der Waals surface area contributed by atoms with Crippen molar-refractivity contribution < 1.29 is 14.3 Å². The number of rotatable bonds is 5. The number of carbonyl (C=O) groups is 2. The Labute approximate surface area is 139 Å². The van der Waals surface area contributed by atoms with E-state index in [4.69, 9.17) is 4.74 Å². The zero-order valence-corrected chi connectivity index (χ0v) is 14.8. The Kier molecular flexibility index (Phi) is 5.71. The molecule has 124 valence electrons. The normalized spacial score (nSPS) is 11.9. The Balaban J connectivity index is 2.62. The van der Waals surface area contributed by atoms with E-state index in [0.717, 1.165) is 27.8 Å². The van der Waals surface area contributed by atoms with Gasteiger partial charge in [0.2, 0.25) is 5.91 Å². The Morgan fingerprint density at radius 3 is 2.65 bits per heavy atom. The summed E-state index contributed by atoms with van der Waals surface area (Å²) in [5.74, 6) is -0.484. The molecule has 5 nitrogen and oxygen atoms in total. The third-order valence-corrected chi connectivity index (χ3v) is 4.41. The molecular weight excluding hydrogens is 312 g/mol. The van der Waals surface area contributed by atoms with Gasteiger partial charge in [-0.3, -0.25) is 9.59 Å². The number of nitrogens with zero attached hydrogens (tertiary/aromatic N) is 2. The van der Waals surface area contributed by atoms with Gasteiger partial charge in [-0.15, -0.1) is 0 Å². The summed E-state index contributed by atoms with van der Waals surface area (Å²) in [4.78, 5) is 28.6. The minimum atomic E-state index is -0.323. The quantitative estimate of drug-likeness (QED) is 0.789. The highest BCUT2D eigenvalue weighted by Crippen LogP contribution is 2.23. The summed E-state index contributed by atoms with van der Waals surface area (Å²) >= 11 is 1.43. The van der Waals surface area contributed by atoms with Crippen molar-refractivity contribution in [2.75, 3.05) is 6.61 Å². The van der Waals surface area contributed by atoms with Gasteiger partial charge in [-0.25, -0.2) is 0 Å². The van der Waals surface area contributed by atoms with Crippen molar-refractivity contribution in [3.8, 4) is 0 Å². The summed E-state index contributed by atoms with van der Waals surface area (Å²) < 4.78 is 7.87. The number of ether oxygens (including phenoxy) is 1. The van der Waals surface area contributed by atoms with Crippen molar-refractivity contribution in [1.82, 2.24) is 4.57 Å². The van der Waals surface area contributed by atoms with Gasteiger partial charge in [0.15, 0.2) is 4.80 Å². The second-order valence-corrected chi connectivity index (χ2v) is 6.47. The van der Waals surface area contributed by atoms with E-state index in [2.05, 4.69) is 17.1 Å². The molecule has 23 heavy (non-hydrogen) atoms. The maximum atomic E-state index is 11.9. The van der Waals surface area contributed by atoms with Crippen LogP contribution in [0.4, 0.5) is 0 Å². The van der Waals surface area contributed by atoms with E-state index >= 15 is 0 Å². The van der Waals surface area contributed by atoms with Crippen molar-refractivity contribution in [3.05, 3.63) is 28.1 Å². The van der Waals surface area contributed by atoms with Gasteiger partial charge in [0.05, 0.1) is 16.8 Å². The molecule has 0 N–H and O–H groups in total. The van der Waals surface area contributed by atoms with Gasteiger partial charge < -0.3 is 9.30 Å². The Morgan fingerprint density at radius 1 is 1.26 bits per heavy atom. The molecule has 6 heteroatoms. The number of fused-ring (bicyclic) bond motifs is 1. The molecule has 0 bridgehead atoms. The number of amides is 1. The van der Waals surface area contributed by atoms with Gasteiger partial charge in [-0.2, -0.15) is 4.99 Å². The second kappa shape index (κ2) is 7.55. The van der Waals surface area contributed by atoms with Gasteiger partial charge in [-0.05, 0) is 44.4 Å². The lowest BCUT2D eigenvalue weighted by molar-refractivity contribution is -0.143. The molecular formula is C17H22N2O3S. The van der Waals surface area contributed by atoms with Crippen molar-refractivity contribution in [2.24, 2.45) is 4.99 Å². The predicted molar refractivity (Wildman–Crippen MR) is 91.4 cm³/mol. The predicted octanol–water partition coefficient (Wildman–Crippen LogP) is 3.11. The molecule has 0 atom stereocenters. The molecule has 1 aromatic heterocycles. The number of benzene rings is 1. The number of esters is 1. The highest BCUT2D eigenvalue weighted by atomic mass is 32.1. The van der Waals surface area contributed by atoms with Crippen LogP contribution in [0, 0.1) is 13.8 Å². The first-order valence-electron chi connectivity index (χ1n) is 7.80. The first-order chi connectivity index (χ1) is 11.0. The molecule has 1 aromatic carbocycles. The first-order valence-corrected chi connectivity index (χ1v) is 8.61. The van der Waals surface area contributed by atoms with E-state index in [1.807, 2.05) is 20.8 Å². The largest absolute Gasteiger partial charge is 0.465 e. The van der Waals surface area contributed by atoms with Gasteiger partial charge in [0, 0.05) is 6.42 Å². The number of hydrogen-bond acceptors (Lipinski definition) is 4. The molecule has 0 saturated carbocycles. The number of aromatic nitrogens is 1. The van der Waals surface area contributed by atoms with E-state index in [0.29, 0.717) is 17.8 Å². The minimum absolute atomic E-state index is 0.0655. The van der Waals surface area contributed by atoms with Crippen LogP contribution in [-0.2, 0) is 20.9 Å². The third kappa shape index (κ3) is 4.07. The first kappa shape index (κ1) is 17.4. The standard InChI is InChI=1S/C17H22N2O3S/c1-5-7-14(20)18-17-19(10-15(21)22-6-2)16-12(4)8-11(3)9-13(16)23-17/h8-9H,5-7,10H2,1-4H3. The van der Waals surface area contributed by atoms with Crippen LogP contribution in [0.1, 0.15) is 37.8 Å². The fraction of sp³-hybridized carbons (Fsp3) is 0.471. The molecule has 0 fully saturated rings. The van der Waals surface area contributed by atoms with E-state index < -0.39 is 0 Å². The van der Waals surface area contributed by atoms with E-state index in [9.17, 15) is 9.59 Å². The van der Waals surface area contributed by atoms with Crippen LogP contribution < -0.4 is 4.80 Å². The molecule has 1 heterocycles. The zero-order chi connectivity index (χ0) is 17.0. The molecule has 1 amide bonds. The lowest BCUT2D eigenvalue weighted by Gasteiger charge is -2.07. The third-order valence-electron chi connectivity index (χ3n) is 3.39. The second-order valence-electron chi connectivity index (χ2n) is 5.46. The minimum Gasteiger partial charge on any atom is -0.465 e. The lowest BCUT2D eigenvalue weighted by Crippen LogP contribution is -2.23. The van der Waals surface area contributed by atoms with Crippen molar-refractivity contribution >= 4 is 33.4 Å². The molecule has 0 radical (unpaired) electrons. The average Bonchev–Trinajstić information content (AvgIpc) is 2.76. The smallest absolute Gasteiger partial charge is 0.326 e. The molecule has 0 aliphatic rings. The fourth-order valence-corrected chi connectivity index (χ4v) is 3.76. The number of thiazole rings is 1. The highest BCUT2D eigenvalue weighted by Gasteiger charge is 2.14. The van der Waals surface area contributed by atoms with Crippen molar-refractivity contribution in [3.63, 3.8) is 0 Å². The summed E-state index contributed by atoms with van der Waals surface area (Å²) in [6.07, 6.45) is 1.16. The van der Waals surface area contributed by atoms with Crippen LogP contribution in [0.25, 0.3) is 10.2 Å². The monoisotopic (exact) mass is 334 g/mol. The van der Waals surface area contributed by atoms with Crippen LogP contribution in [0.2, 0.25) is 0 Å². The Hall–Kier alpha value is -1.95. The van der Waals surface area contributed by atoms with E-state index in [1.165, 1.54) is 11.3 Å². The topological polar surface area (TPSA) is 60.7 Å². The van der Waals surface area contributed by atoms with Gasteiger partial charge in [0.1, 0.15) is 6.54 Å². The molecule has 0 aliphatic heterocycles. The molecule has 0 spiro atoms. The van der Waals surface area contributed by atoms with Gasteiger partial charge in [-0.1, -0.05) is 24.3 Å². The molecule has 0 saturated heterocycles. The summed E-state index contributed by atoms with van der Waals surface area (Å²) in [5, 5.41) is 0. The molecule has 0 unspecified atom stereocenters. The van der Waals surface area contributed by atoms with Crippen LogP contribution >= 0.6 is 11.3 Å². The van der Waals surface area contributed by atoms with Crippen LogP contribution in [0.3, 0.4) is 0 Å². The van der Waals surface area contributed by atoms with Gasteiger partial charge in [0.25, 0.3) is 0 Å². The molecule has 2 aromatic rings. The maximum absolute atomic E-state index is 11.9. The number of carbonyl (C=O) groups excluding carboxylic acids is 2. The van der Waals surface area contributed by atoms with E-state index in [-0.39, 0.29) is 18.4 Å². The summed E-state index contributed by atoms with van der Waals surface area (Å²) in [7, 11) is 0. The highest BCUT2D eigenvalue weighted by molar-refractivity contribution is 7.16. The zero-order valence-electron chi connectivity index (χ0n) is 14.0. The lowest BCUT2D eigenvalue weighted by atomic mass is 10.1. The van der Waals surface area contributed by atoms with E-state index in [1.54, 1.807) is 11.5 Å². The van der Waals surface area contributed by atoms with Crippen molar-refractivity contribution in [1.29, 1.82) is 0 Å². The fourth-order valence-electron chi connectivity index (χ4n) is 2.54. The SMILES string of the molecule is CCCC(=O)N=c1sc2cc(C)cc(C)c2n1CC(=O)OCC. The average molecular weight is 334 g/mol. The summed E-state index contributed by atoms with van der Waals surface area (Å²) in [5.41, 5.74) is 3.15. The maximum Gasteiger partial charge on any atom is 0.326 e. The summed E-state index contributed by atoms with van der Waals surface area (Å²) in [6.45, 7) is 8.15. The molecule has 0 aliphatic carbocycles. The number of hydrogen-bond donors (Lipinski definition) is 0. The Bertz CT molecular complexity index is 802. The van der Waals surface area contributed by atoms with Crippen LogP contribution in [0.15, 0.2) is 17.1 Å². The van der Waals surface area contributed by atoms with Crippen LogP contribution in [-0.4, -0.2) is 23.1 Å². The van der Waals surface area contributed by atoms with Gasteiger partial charge >= 0.3 is 5.97 Å². The molecule has 2 rings (SSSR count). The Morgan fingerprint density at radius 2 is 2.00 bits per heavy atom. The van der Waals surface area contributed by atoms with Crippen molar-refractivity contribution in [2.45, 2.75) is 47.1 Å². The van der Waals surface area contributed by atoms with Crippen LogP contribution in [0.5, 0.6) is 0 Å². The number of aryl methyl sites for hydroxylation is 2. The summed E-state index contributed by atoms with van der Waals surface area (Å²) in [6, 6.07) is 4.12.